The molecule has 1 aliphatic rings. The highest BCUT2D eigenvalue weighted by Crippen LogP contribution is 2.38. The van der Waals surface area contributed by atoms with Gasteiger partial charge in [-0.3, -0.25) is 0 Å². The van der Waals surface area contributed by atoms with E-state index >= 15 is 0 Å². The molecule has 0 amide bonds. The van der Waals surface area contributed by atoms with Gasteiger partial charge in [-0.05, 0) is 30.2 Å². The van der Waals surface area contributed by atoms with Gasteiger partial charge in [0.05, 0.1) is 5.57 Å². The van der Waals surface area contributed by atoms with Crippen LogP contribution in [0.4, 0.5) is 0 Å². The lowest BCUT2D eigenvalue weighted by Crippen LogP contribution is -2.12. The highest BCUT2D eigenvalue weighted by Gasteiger charge is 2.19. The molecule has 3 aromatic rings. The van der Waals surface area contributed by atoms with Crippen LogP contribution >= 0.6 is 19.9 Å². The number of nitriles is 1. The van der Waals surface area contributed by atoms with E-state index in [9.17, 15) is 5.26 Å². The van der Waals surface area contributed by atoms with Crippen molar-refractivity contribution in [3.63, 3.8) is 0 Å². The average Bonchev–Trinajstić information content (AvgIpc) is 3.26. The molecular formula is C25H19N2OPS. The summed E-state index contributed by atoms with van der Waals surface area (Å²) in [6.45, 7) is 2.02. The monoisotopic (exact) mass is 426 g/mol. The third kappa shape index (κ3) is 4.54. The van der Waals surface area contributed by atoms with E-state index in [1.54, 1.807) is 0 Å². The first-order chi connectivity index (χ1) is 14.8. The summed E-state index contributed by atoms with van der Waals surface area (Å²) in [6.07, 6.45) is 3.84. The predicted octanol–water partition coefficient (Wildman–Crippen LogP) is 5.91. The fourth-order valence-corrected chi connectivity index (χ4v) is 5.49. The zero-order valence-corrected chi connectivity index (χ0v) is 18.1. The summed E-state index contributed by atoms with van der Waals surface area (Å²) < 4.78 is 6.06. The molecule has 4 rings (SSSR count). The summed E-state index contributed by atoms with van der Waals surface area (Å²) in [7, 11) is -1.07. The van der Waals surface area contributed by atoms with Gasteiger partial charge in [-0.15, -0.1) is 0 Å². The molecule has 146 valence electrons. The molecule has 0 atom stereocenters. The van der Waals surface area contributed by atoms with Crippen LogP contribution in [0.3, 0.4) is 0 Å². The summed E-state index contributed by atoms with van der Waals surface area (Å²) in [5, 5.41) is 17.1. The first kappa shape index (κ1) is 20.2. The Bertz CT molecular complexity index is 1130. The molecule has 5 heteroatoms. The maximum atomic E-state index is 9.74. The number of nitrogens with zero attached hydrogens (tertiary/aromatic N) is 2. The smallest absolute Gasteiger partial charge is 0.184 e. The lowest BCUT2D eigenvalue weighted by Gasteiger charge is -2.15. The van der Waals surface area contributed by atoms with Gasteiger partial charge >= 0.3 is 0 Å². The van der Waals surface area contributed by atoms with E-state index in [1.165, 1.54) is 11.8 Å². The number of allylic oxidation sites excluding steroid dienone is 2. The number of oxime groups is 1. The second-order valence-corrected chi connectivity index (χ2v) is 9.43. The van der Waals surface area contributed by atoms with E-state index in [1.807, 2.05) is 79.7 Å². The summed E-state index contributed by atoms with van der Waals surface area (Å²) in [5.41, 5.74) is 2.69. The quantitative estimate of drug-likeness (QED) is 0.289. The van der Waals surface area contributed by atoms with E-state index in [-0.39, 0.29) is 0 Å². The van der Waals surface area contributed by atoms with Crippen molar-refractivity contribution < 1.29 is 4.62 Å². The van der Waals surface area contributed by atoms with Gasteiger partial charge < -0.3 is 4.62 Å². The van der Waals surface area contributed by atoms with E-state index in [2.05, 4.69) is 35.5 Å². The van der Waals surface area contributed by atoms with Crippen LogP contribution in [0.1, 0.15) is 11.1 Å². The Morgan fingerprint density at radius 2 is 1.47 bits per heavy atom. The third-order valence-electron chi connectivity index (χ3n) is 4.56. The van der Waals surface area contributed by atoms with Gasteiger partial charge in [0, 0.05) is 15.5 Å². The first-order valence-electron chi connectivity index (χ1n) is 9.48. The zero-order valence-electron chi connectivity index (χ0n) is 16.4. The van der Waals surface area contributed by atoms with Crippen LogP contribution in [0.2, 0.25) is 0 Å². The normalized spacial score (nSPS) is 16.0. The van der Waals surface area contributed by atoms with Crippen molar-refractivity contribution in [2.24, 2.45) is 5.16 Å². The summed E-state index contributed by atoms with van der Waals surface area (Å²) in [4.78, 5) is 0.887. The molecule has 0 fully saturated rings. The second-order valence-electron chi connectivity index (χ2n) is 6.58. The van der Waals surface area contributed by atoms with Gasteiger partial charge in [-0.1, -0.05) is 102 Å². The van der Waals surface area contributed by atoms with E-state index in [4.69, 9.17) is 4.62 Å². The molecule has 3 nitrogen and oxygen atoms in total. The minimum absolute atomic E-state index is 0.660. The topological polar surface area (TPSA) is 45.4 Å². The Balaban J connectivity index is 1.59. The molecule has 1 aliphatic heterocycles. The molecule has 30 heavy (non-hydrogen) atoms. The molecule has 0 N–H and O–H groups in total. The summed E-state index contributed by atoms with van der Waals surface area (Å²) in [6, 6.07) is 30.6. The van der Waals surface area contributed by atoms with Crippen LogP contribution in [0, 0.1) is 18.3 Å². The van der Waals surface area contributed by atoms with E-state index < -0.39 is 8.15 Å². The molecule has 0 aromatic heterocycles. The Labute approximate surface area is 182 Å². The van der Waals surface area contributed by atoms with Crippen molar-refractivity contribution in [1.82, 2.24) is 0 Å². The third-order valence-corrected chi connectivity index (χ3v) is 7.32. The molecule has 1 heterocycles. The molecular weight excluding hydrogens is 407 g/mol. The number of hydrogen-bond acceptors (Lipinski definition) is 4. The largest absolute Gasteiger partial charge is 0.366 e. The van der Waals surface area contributed by atoms with Crippen LogP contribution in [0.5, 0.6) is 0 Å². The lowest BCUT2D eigenvalue weighted by atomic mass is 10.0. The predicted molar refractivity (Wildman–Crippen MR) is 128 cm³/mol. The highest BCUT2D eigenvalue weighted by molar-refractivity contribution is 8.18. The lowest BCUT2D eigenvalue weighted by molar-refractivity contribution is 0.393. The van der Waals surface area contributed by atoms with Gasteiger partial charge in [0.15, 0.2) is 8.15 Å². The van der Waals surface area contributed by atoms with Crippen molar-refractivity contribution in [2.45, 2.75) is 6.92 Å². The van der Waals surface area contributed by atoms with Crippen molar-refractivity contribution in [3.8, 4) is 6.07 Å². The average molecular weight is 426 g/mol. The SMILES string of the molecule is Cc1ccccc1/C(C#N)=C1C=C/C(=N\OP(c2ccccc2)c2ccccc2)S/1. The molecule has 0 spiro atoms. The van der Waals surface area contributed by atoms with Gasteiger partial charge in [-0.2, -0.15) is 5.26 Å². The number of rotatable bonds is 5. The maximum absolute atomic E-state index is 9.74. The number of hydrogen-bond donors (Lipinski definition) is 0. The molecule has 0 unspecified atom stereocenters. The fourth-order valence-electron chi connectivity index (χ4n) is 3.06. The molecule has 0 saturated heterocycles. The molecule has 0 aliphatic carbocycles. The van der Waals surface area contributed by atoms with Crippen LogP contribution in [-0.2, 0) is 4.62 Å². The first-order valence-corrected chi connectivity index (χ1v) is 11.6. The minimum atomic E-state index is -1.07. The van der Waals surface area contributed by atoms with E-state index in [0.29, 0.717) is 5.57 Å². The number of aryl methyl sites for hydroxylation is 1. The Morgan fingerprint density at radius 3 is 2.07 bits per heavy atom. The van der Waals surface area contributed by atoms with Gasteiger partial charge in [-0.25, -0.2) is 0 Å². The highest BCUT2D eigenvalue weighted by atomic mass is 32.2. The van der Waals surface area contributed by atoms with Crippen molar-refractivity contribution in [3.05, 3.63) is 113 Å². The van der Waals surface area contributed by atoms with Crippen LogP contribution in [0.15, 0.2) is 107 Å². The Kier molecular flexibility index (Phi) is 6.44. The second kappa shape index (κ2) is 9.59. The maximum Gasteiger partial charge on any atom is 0.184 e. The molecule has 0 radical (unpaired) electrons. The van der Waals surface area contributed by atoms with Crippen LogP contribution < -0.4 is 10.6 Å². The minimum Gasteiger partial charge on any atom is -0.366 e. The van der Waals surface area contributed by atoms with Crippen LogP contribution in [-0.4, -0.2) is 5.04 Å². The van der Waals surface area contributed by atoms with Crippen LogP contribution in [0.25, 0.3) is 5.57 Å². The van der Waals surface area contributed by atoms with Crippen molar-refractivity contribution in [2.75, 3.05) is 0 Å². The van der Waals surface area contributed by atoms with Gasteiger partial charge in [0.2, 0.25) is 0 Å². The summed E-state index contributed by atoms with van der Waals surface area (Å²) >= 11 is 1.46. The zero-order chi connectivity index (χ0) is 20.8. The van der Waals surface area contributed by atoms with Gasteiger partial charge in [0.25, 0.3) is 0 Å². The standard InChI is InChI=1S/C25H19N2OPS/c1-19-10-8-9-15-22(19)23(18-26)24-16-17-25(30-24)27-28-29(20-11-4-2-5-12-20)21-13-6-3-7-14-21/h2-17H,1H3/b24-23-,27-25+. The fraction of sp³-hybridized carbons (Fsp3) is 0.0400. The van der Waals surface area contributed by atoms with Gasteiger partial charge in [0.1, 0.15) is 11.1 Å². The number of benzene rings is 3. The number of thioether (sulfide) groups is 1. The molecule has 0 saturated carbocycles. The Morgan fingerprint density at radius 1 is 0.867 bits per heavy atom. The molecule has 0 bridgehead atoms. The molecule has 3 aromatic carbocycles. The summed E-state index contributed by atoms with van der Waals surface area (Å²) in [5.74, 6) is 0. The van der Waals surface area contributed by atoms with Crippen molar-refractivity contribution in [1.29, 1.82) is 5.26 Å². The van der Waals surface area contributed by atoms with Crippen molar-refractivity contribution >= 4 is 41.1 Å². The Hall–Kier alpha value is -3.12. The van der Waals surface area contributed by atoms with E-state index in [0.717, 1.165) is 31.7 Å².